The predicted molar refractivity (Wildman–Crippen MR) is 93.4 cm³/mol. The van der Waals surface area contributed by atoms with Gasteiger partial charge in [-0.2, -0.15) is 0 Å². The minimum Gasteiger partial charge on any atom is -0.390 e. The maximum atomic E-state index is 12.2. The van der Waals surface area contributed by atoms with Crippen LogP contribution in [0.3, 0.4) is 0 Å². The van der Waals surface area contributed by atoms with E-state index in [9.17, 15) is 9.90 Å². The molecule has 2 saturated carbocycles. The summed E-state index contributed by atoms with van der Waals surface area (Å²) in [4.78, 5) is 12.2. The maximum absolute atomic E-state index is 12.2. The van der Waals surface area contributed by atoms with Crippen molar-refractivity contribution in [3.8, 4) is 0 Å². The highest BCUT2D eigenvalue weighted by molar-refractivity contribution is 5.83. The summed E-state index contributed by atoms with van der Waals surface area (Å²) in [5.41, 5.74) is -0.366. The van der Waals surface area contributed by atoms with Gasteiger partial charge in [0.1, 0.15) is 5.78 Å². The van der Waals surface area contributed by atoms with E-state index in [1.807, 2.05) is 13.8 Å². The summed E-state index contributed by atoms with van der Waals surface area (Å²) in [6.45, 7) is 9.32. The molecule has 3 unspecified atom stereocenters. The molecule has 0 bridgehead atoms. The monoisotopic (exact) mass is 324 g/mol. The third kappa shape index (κ3) is 3.99. The van der Waals surface area contributed by atoms with Crippen molar-refractivity contribution in [2.24, 2.45) is 17.3 Å². The lowest BCUT2D eigenvalue weighted by Gasteiger charge is -2.42. The number of rotatable bonds is 8. The average Bonchev–Trinajstić information content (AvgIpc) is 2.89. The zero-order chi connectivity index (χ0) is 17.1. The molecule has 0 heterocycles. The molecule has 23 heavy (non-hydrogen) atoms. The first kappa shape index (κ1) is 18.9. The number of fused-ring (bicyclic) bond motifs is 1. The van der Waals surface area contributed by atoms with E-state index in [4.69, 9.17) is 4.74 Å². The highest BCUT2D eigenvalue weighted by Crippen LogP contribution is 2.55. The van der Waals surface area contributed by atoms with Crippen molar-refractivity contribution in [3.05, 3.63) is 0 Å². The van der Waals surface area contributed by atoms with E-state index in [1.54, 1.807) is 0 Å². The SMILES string of the molecule is CCC(O)(CC)CCCO[C@H](C)C1CCC2C(=O)CCCC21C. The molecule has 3 heteroatoms. The van der Waals surface area contributed by atoms with Crippen molar-refractivity contribution in [3.63, 3.8) is 0 Å². The fourth-order valence-electron chi connectivity index (χ4n) is 5.13. The Morgan fingerprint density at radius 3 is 2.70 bits per heavy atom. The highest BCUT2D eigenvalue weighted by atomic mass is 16.5. The quantitative estimate of drug-likeness (QED) is 0.668. The second-order valence-electron chi connectivity index (χ2n) is 8.17. The van der Waals surface area contributed by atoms with Gasteiger partial charge in [0, 0.05) is 18.9 Å². The molecule has 0 aromatic carbocycles. The fraction of sp³-hybridized carbons (Fsp3) is 0.950. The van der Waals surface area contributed by atoms with Crippen LogP contribution in [-0.4, -0.2) is 29.2 Å². The third-order valence-electron chi connectivity index (χ3n) is 6.99. The summed E-state index contributed by atoms with van der Waals surface area (Å²) in [6, 6.07) is 0. The Morgan fingerprint density at radius 2 is 2.04 bits per heavy atom. The van der Waals surface area contributed by atoms with Gasteiger partial charge in [0.25, 0.3) is 0 Å². The van der Waals surface area contributed by atoms with Crippen LogP contribution < -0.4 is 0 Å². The Bertz CT molecular complexity index is 402. The first-order valence-corrected chi connectivity index (χ1v) is 9.73. The van der Waals surface area contributed by atoms with Crippen molar-refractivity contribution in [1.29, 1.82) is 0 Å². The summed E-state index contributed by atoms with van der Waals surface area (Å²) in [6.07, 6.45) is 8.75. The molecular weight excluding hydrogens is 288 g/mol. The van der Waals surface area contributed by atoms with Gasteiger partial charge in [-0.1, -0.05) is 20.8 Å². The normalized spacial score (nSPS) is 32.8. The van der Waals surface area contributed by atoms with Gasteiger partial charge < -0.3 is 9.84 Å². The van der Waals surface area contributed by atoms with Gasteiger partial charge in [-0.25, -0.2) is 0 Å². The van der Waals surface area contributed by atoms with Gasteiger partial charge >= 0.3 is 0 Å². The van der Waals surface area contributed by atoms with E-state index < -0.39 is 5.60 Å². The van der Waals surface area contributed by atoms with Crippen LogP contribution >= 0.6 is 0 Å². The zero-order valence-electron chi connectivity index (χ0n) is 15.6. The zero-order valence-corrected chi connectivity index (χ0v) is 15.6. The standard InChI is InChI=1S/C20H36O3/c1-5-20(22,6-2)13-8-14-23-15(3)16-10-11-17-18(21)9-7-12-19(16,17)4/h15-17,22H,5-14H2,1-4H3/t15-,16?,17?,19?/m1/s1. The smallest absolute Gasteiger partial charge is 0.136 e. The van der Waals surface area contributed by atoms with Crippen molar-refractivity contribution < 1.29 is 14.6 Å². The third-order valence-corrected chi connectivity index (χ3v) is 6.99. The van der Waals surface area contributed by atoms with Gasteiger partial charge in [-0.15, -0.1) is 0 Å². The molecule has 1 N–H and O–H groups in total. The Labute approximate surface area is 142 Å². The predicted octanol–water partition coefficient (Wildman–Crippen LogP) is 4.51. The number of hydrogen-bond donors (Lipinski definition) is 1. The molecule has 2 aliphatic rings. The average molecular weight is 325 g/mol. The van der Waals surface area contributed by atoms with Gasteiger partial charge in [0.2, 0.25) is 0 Å². The molecule has 0 aromatic heterocycles. The van der Waals surface area contributed by atoms with E-state index in [-0.39, 0.29) is 17.4 Å². The number of ether oxygens (including phenoxy) is 1. The Morgan fingerprint density at radius 1 is 1.35 bits per heavy atom. The van der Waals surface area contributed by atoms with Crippen molar-refractivity contribution >= 4 is 5.78 Å². The number of Topliss-reactive ketones (excluding diaryl/α,β-unsaturated/α-hetero) is 1. The first-order valence-electron chi connectivity index (χ1n) is 9.73. The van der Waals surface area contributed by atoms with Crippen LogP contribution in [0.5, 0.6) is 0 Å². The molecule has 2 fully saturated rings. The maximum Gasteiger partial charge on any atom is 0.136 e. The molecule has 3 nitrogen and oxygen atoms in total. The minimum absolute atomic E-state index is 0.155. The van der Waals surface area contributed by atoms with Crippen LogP contribution in [0.4, 0.5) is 0 Å². The van der Waals surface area contributed by atoms with E-state index in [1.165, 1.54) is 6.42 Å². The second kappa shape index (κ2) is 7.65. The topological polar surface area (TPSA) is 46.5 Å². The van der Waals surface area contributed by atoms with Crippen LogP contribution in [0.1, 0.15) is 85.5 Å². The van der Waals surface area contributed by atoms with Crippen LogP contribution in [0.2, 0.25) is 0 Å². The Hall–Kier alpha value is -0.410. The lowest BCUT2D eigenvalue weighted by atomic mass is 9.64. The molecule has 4 atom stereocenters. The van der Waals surface area contributed by atoms with E-state index >= 15 is 0 Å². The summed E-state index contributed by atoms with van der Waals surface area (Å²) in [5.74, 6) is 1.27. The van der Waals surface area contributed by atoms with Crippen LogP contribution in [0.25, 0.3) is 0 Å². The number of carbonyl (C=O) groups excluding carboxylic acids is 1. The number of aliphatic hydroxyl groups is 1. The lowest BCUT2D eigenvalue weighted by molar-refractivity contribution is -0.131. The largest absolute Gasteiger partial charge is 0.390 e. The van der Waals surface area contributed by atoms with E-state index in [0.717, 1.165) is 51.4 Å². The van der Waals surface area contributed by atoms with E-state index in [0.29, 0.717) is 18.3 Å². The van der Waals surface area contributed by atoms with Crippen LogP contribution in [0, 0.1) is 17.3 Å². The molecule has 2 aliphatic carbocycles. The van der Waals surface area contributed by atoms with Crippen molar-refractivity contribution in [2.45, 2.75) is 97.2 Å². The van der Waals surface area contributed by atoms with Gasteiger partial charge in [0.15, 0.2) is 0 Å². The molecule has 0 aliphatic heterocycles. The molecule has 134 valence electrons. The molecule has 0 spiro atoms. The van der Waals surface area contributed by atoms with Gasteiger partial charge in [-0.05, 0) is 69.6 Å². The molecule has 0 saturated heterocycles. The Kier molecular flexibility index (Phi) is 6.29. The Balaban J connectivity index is 1.82. The second-order valence-corrected chi connectivity index (χ2v) is 8.17. The van der Waals surface area contributed by atoms with Crippen LogP contribution in [0.15, 0.2) is 0 Å². The summed E-state index contributed by atoms with van der Waals surface area (Å²) in [7, 11) is 0. The molecule has 0 radical (unpaired) electrons. The number of ketones is 1. The van der Waals surface area contributed by atoms with Crippen molar-refractivity contribution in [1.82, 2.24) is 0 Å². The number of hydrogen-bond acceptors (Lipinski definition) is 3. The first-order chi connectivity index (χ1) is 10.9. The fourth-order valence-corrected chi connectivity index (χ4v) is 5.13. The van der Waals surface area contributed by atoms with Gasteiger partial charge in [0.05, 0.1) is 11.7 Å². The molecule has 0 amide bonds. The molecular formula is C20H36O3. The van der Waals surface area contributed by atoms with Crippen molar-refractivity contribution in [2.75, 3.05) is 6.61 Å². The van der Waals surface area contributed by atoms with Crippen LogP contribution in [-0.2, 0) is 9.53 Å². The summed E-state index contributed by atoms with van der Waals surface area (Å²) < 4.78 is 6.14. The molecule has 0 aromatic rings. The minimum atomic E-state index is -0.521. The number of carbonyl (C=O) groups is 1. The van der Waals surface area contributed by atoms with Gasteiger partial charge in [-0.3, -0.25) is 4.79 Å². The lowest BCUT2D eigenvalue weighted by Crippen LogP contribution is -2.41. The summed E-state index contributed by atoms with van der Waals surface area (Å²) in [5, 5.41) is 10.3. The molecule has 2 rings (SSSR count). The van der Waals surface area contributed by atoms with E-state index in [2.05, 4.69) is 13.8 Å². The summed E-state index contributed by atoms with van der Waals surface area (Å²) >= 11 is 0. The highest BCUT2D eigenvalue weighted by Gasteiger charge is 2.52.